The highest BCUT2D eigenvalue weighted by atomic mass is 16.5. The Bertz CT molecular complexity index is 1170. The predicted octanol–water partition coefficient (Wildman–Crippen LogP) is 3.78. The van der Waals surface area contributed by atoms with Gasteiger partial charge in [0, 0.05) is 30.2 Å². The highest BCUT2D eigenvalue weighted by Gasteiger charge is 2.25. The Labute approximate surface area is 174 Å². The van der Waals surface area contributed by atoms with Gasteiger partial charge in [-0.25, -0.2) is 0 Å². The third-order valence-corrected chi connectivity index (χ3v) is 5.54. The second-order valence-corrected chi connectivity index (χ2v) is 7.72. The Morgan fingerprint density at radius 3 is 2.73 bits per heavy atom. The number of aromatic amines is 1. The Hall–Kier alpha value is -3.61. The van der Waals surface area contributed by atoms with Gasteiger partial charge in [-0.3, -0.25) is 14.6 Å². The van der Waals surface area contributed by atoms with Gasteiger partial charge in [-0.05, 0) is 54.2 Å². The number of H-pyrrole nitrogens is 1. The van der Waals surface area contributed by atoms with Gasteiger partial charge in [-0.15, -0.1) is 0 Å². The zero-order valence-corrected chi connectivity index (χ0v) is 16.8. The molecule has 1 amide bonds. The molecule has 5 rings (SSSR count). The first-order chi connectivity index (χ1) is 14.7. The van der Waals surface area contributed by atoms with E-state index in [4.69, 9.17) is 9.84 Å². The summed E-state index contributed by atoms with van der Waals surface area (Å²) in [4.78, 5) is 13.0. The number of ether oxygens (including phenoxy) is 1. The van der Waals surface area contributed by atoms with E-state index in [1.165, 1.54) is 12.8 Å². The third-order valence-electron chi connectivity index (χ3n) is 5.54. The minimum Gasteiger partial charge on any atom is -0.497 e. The summed E-state index contributed by atoms with van der Waals surface area (Å²) in [6.07, 6.45) is 6.11. The molecule has 0 aliphatic heterocycles. The molecular formula is C23H23N5O2. The molecule has 2 aromatic carbocycles. The minimum absolute atomic E-state index is 0.165. The average molecular weight is 401 g/mol. The standard InChI is InChI=1S/C23H23N5O2/c1-30-19-7-4-15(5-8-19)11-24-23(29)22-20-9-6-17(18-12-25-26-13-18)10-21(20)28(27-22)14-16-2-3-16/h4-10,12-13,16H,2-3,11,14H2,1H3,(H,24,29)(H,25,26). The summed E-state index contributed by atoms with van der Waals surface area (Å²) in [5, 5.41) is 15.5. The number of hydrogen-bond acceptors (Lipinski definition) is 4. The normalized spacial score (nSPS) is 13.5. The molecule has 7 heteroatoms. The van der Waals surface area contributed by atoms with Crippen LogP contribution in [-0.4, -0.2) is 33.0 Å². The monoisotopic (exact) mass is 401 g/mol. The quantitative estimate of drug-likeness (QED) is 0.494. The second kappa shape index (κ2) is 7.67. The molecule has 2 heterocycles. The van der Waals surface area contributed by atoms with Crippen LogP contribution < -0.4 is 10.1 Å². The topological polar surface area (TPSA) is 84.8 Å². The molecular weight excluding hydrogens is 378 g/mol. The van der Waals surface area contributed by atoms with Gasteiger partial charge < -0.3 is 10.1 Å². The van der Waals surface area contributed by atoms with Gasteiger partial charge in [0.2, 0.25) is 0 Å². The summed E-state index contributed by atoms with van der Waals surface area (Å²) >= 11 is 0. The molecule has 1 aliphatic carbocycles. The van der Waals surface area contributed by atoms with Crippen molar-refractivity contribution in [3.05, 3.63) is 66.1 Å². The maximum absolute atomic E-state index is 13.0. The lowest BCUT2D eigenvalue weighted by molar-refractivity contribution is 0.0946. The van der Waals surface area contributed by atoms with Crippen LogP contribution in [0.15, 0.2) is 54.9 Å². The molecule has 4 aromatic rings. The van der Waals surface area contributed by atoms with Crippen LogP contribution in [0.4, 0.5) is 0 Å². The molecule has 1 saturated carbocycles. The summed E-state index contributed by atoms with van der Waals surface area (Å²) in [6, 6.07) is 13.8. The number of amides is 1. The fourth-order valence-electron chi connectivity index (χ4n) is 3.62. The fraction of sp³-hybridized carbons (Fsp3) is 0.261. The van der Waals surface area contributed by atoms with E-state index in [1.807, 2.05) is 47.3 Å². The van der Waals surface area contributed by atoms with Crippen molar-refractivity contribution in [2.45, 2.75) is 25.9 Å². The van der Waals surface area contributed by atoms with Crippen LogP contribution in [0.5, 0.6) is 5.75 Å². The van der Waals surface area contributed by atoms with Gasteiger partial charge in [0.1, 0.15) is 5.75 Å². The lowest BCUT2D eigenvalue weighted by Crippen LogP contribution is -2.23. The molecule has 0 spiro atoms. The van der Waals surface area contributed by atoms with Gasteiger partial charge >= 0.3 is 0 Å². The SMILES string of the molecule is COc1ccc(CNC(=O)c2nn(CC3CC3)c3cc(-c4cn[nH]c4)ccc23)cc1. The van der Waals surface area contributed by atoms with Crippen LogP contribution in [0.25, 0.3) is 22.0 Å². The van der Waals surface area contributed by atoms with Crippen LogP contribution in [0, 0.1) is 5.92 Å². The molecule has 0 radical (unpaired) electrons. The van der Waals surface area contributed by atoms with E-state index in [0.29, 0.717) is 18.2 Å². The maximum atomic E-state index is 13.0. The van der Waals surface area contributed by atoms with Crippen molar-refractivity contribution in [1.29, 1.82) is 0 Å². The first-order valence-electron chi connectivity index (χ1n) is 10.1. The highest BCUT2D eigenvalue weighted by Crippen LogP contribution is 2.33. The summed E-state index contributed by atoms with van der Waals surface area (Å²) in [7, 11) is 1.64. The van der Waals surface area contributed by atoms with Gasteiger partial charge in [0.05, 0.1) is 18.8 Å². The van der Waals surface area contributed by atoms with Crippen molar-refractivity contribution in [1.82, 2.24) is 25.3 Å². The van der Waals surface area contributed by atoms with Crippen molar-refractivity contribution in [3.63, 3.8) is 0 Å². The maximum Gasteiger partial charge on any atom is 0.272 e. The lowest BCUT2D eigenvalue weighted by Gasteiger charge is -2.05. The molecule has 2 N–H and O–H groups in total. The van der Waals surface area contributed by atoms with Crippen LogP contribution in [0.1, 0.15) is 28.9 Å². The Morgan fingerprint density at radius 1 is 1.20 bits per heavy atom. The van der Waals surface area contributed by atoms with E-state index in [-0.39, 0.29) is 5.91 Å². The molecule has 0 saturated heterocycles. The number of nitrogens with one attached hydrogen (secondary N) is 2. The van der Waals surface area contributed by atoms with Crippen LogP contribution in [0.2, 0.25) is 0 Å². The largest absolute Gasteiger partial charge is 0.497 e. The van der Waals surface area contributed by atoms with Crippen molar-refractivity contribution in [3.8, 4) is 16.9 Å². The number of fused-ring (bicyclic) bond motifs is 1. The molecule has 7 nitrogen and oxygen atoms in total. The first-order valence-corrected chi connectivity index (χ1v) is 10.1. The van der Waals surface area contributed by atoms with E-state index in [0.717, 1.165) is 39.9 Å². The number of carbonyl (C=O) groups excluding carboxylic acids is 1. The van der Waals surface area contributed by atoms with E-state index >= 15 is 0 Å². The van der Waals surface area contributed by atoms with E-state index in [9.17, 15) is 4.79 Å². The first kappa shape index (κ1) is 18.4. The number of carbonyl (C=O) groups is 1. The van der Waals surface area contributed by atoms with Crippen LogP contribution in [-0.2, 0) is 13.1 Å². The molecule has 152 valence electrons. The third kappa shape index (κ3) is 3.66. The predicted molar refractivity (Wildman–Crippen MR) is 114 cm³/mol. The molecule has 2 aromatic heterocycles. The Kier molecular flexibility index (Phi) is 4.71. The van der Waals surface area contributed by atoms with Crippen molar-refractivity contribution < 1.29 is 9.53 Å². The summed E-state index contributed by atoms with van der Waals surface area (Å²) in [5.41, 5.74) is 4.53. The van der Waals surface area contributed by atoms with Gasteiger partial charge in [0.15, 0.2) is 5.69 Å². The number of hydrogen-bond donors (Lipinski definition) is 2. The average Bonchev–Trinajstić information content (AvgIpc) is 3.29. The van der Waals surface area contributed by atoms with Crippen molar-refractivity contribution in [2.24, 2.45) is 5.92 Å². The van der Waals surface area contributed by atoms with E-state index in [1.54, 1.807) is 13.3 Å². The molecule has 0 atom stereocenters. The zero-order chi connectivity index (χ0) is 20.5. The van der Waals surface area contributed by atoms with Gasteiger partial charge in [0.25, 0.3) is 5.91 Å². The van der Waals surface area contributed by atoms with E-state index in [2.05, 4.69) is 21.6 Å². The number of aromatic nitrogens is 4. The zero-order valence-electron chi connectivity index (χ0n) is 16.8. The molecule has 30 heavy (non-hydrogen) atoms. The molecule has 1 aliphatic rings. The summed E-state index contributed by atoms with van der Waals surface area (Å²) in [5.74, 6) is 1.28. The minimum atomic E-state index is -0.165. The van der Waals surface area contributed by atoms with Gasteiger partial charge in [-0.1, -0.05) is 18.2 Å². The lowest BCUT2D eigenvalue weighted by atomic mass is 10.1. The molecule has 0 bridgehead atoms. The van der Waals surface area contributed by atoms with E-state index < -0.39 is 0 Å². The highest BCUT2D eigenvalue weighted by molar-refractivity contribution is 6.05. The van der Waals surface area contributed by atoms with Gasteiger partial charge in [-0.2, -0.15) is 10.2 Å². The Balaban J connectivity index is 1.42. The molecule has 1 fully saturated rings. The second-order valence-electron chi connectivity index (χ2n) is 7.72. The number of rotatable bonds is 7. The van der Waals surface area contributed by atoms with Crippen molar-refractivity contribution in [2.75, 3.05) is 7.11 Å². The smallest absolute Gasteiger partial charge is 0.272 e. The van der Waals surface area contributed by atoms with Crippen LogP contribution >= 0.6 is 0 Å². The Morgan fingerprint density at radius 2 is 2.03 bits per heavy atom. The van der Waals surface area contributed by atoms with Crippen molar-refractivity contribution >= 4 is 16.8 Å². The summed E-state index contributed by atoms with van der Waals surface area (Å²) < 4.78 is 7.17. The van der Waals surface area contributed by atoms with Crippen LogP contribution in [0.3, 0.4) is 0 Å². The molecule has 0 unspecified atom stereocenters. The number of benzene rings is 2. The number of methoxy groups -OCH3 is 1. The fourth-order valence-corrected chi connectivity index (χ4v) is 3.62. The number of nitrogens with zero attached hydrogens (tertiary/aromatic N) is 3. The summed E-state index contributed by atoms with van der Waals surface area (Å²) in [6.45, 7) is 1.28.